The van der Waals surface area contributed by atoms with Gasteiger partial charge in [-0.1, -0.05) is 13.8 Å². The van der Waals surface area contributed by atoms with Crippen molar-refractivity contribution >= 4 is 17.8 Å². The van der Waals surface area contributed by atoms with Crippen molar-refractivity contribution in [2.45, 2.75) is 71.4 Å². The predicted molar refractivity (Wildman–Crippen MR) is 97.0 cm³/mol. The molecule has 0 spiro atoms. The summed E-state index contributed by atoms with van der Waals surface area (Å²) in [5, 5.41) is 5.65. The molecule has 2 atom stereocenters. The minimum absolute atomic E-state index is 0.0263. The van der Waals surface area contributed by atoms with Crippen molar-refractivity contribution < 1.29 is 19.1 Å². The maximum atomic E-state index is 13.0. The molecule has 4 saturated carbocycles. The summed E-state index contributed by atoms with van der Waals surface area (Å²) in [7, 11) is 1.31. The fourth-order valence-electron chi connectivity index (χ4n) is 5.71. The smallest absolute Gasteiger partial charge is 0.328 e. The van der Waals surface area contributed by atoms with Gasteiger partial charge in [0.25, 0.3) is 0 Å². The van der Waals surface area contributed by atoms with Crippen LogP contribution >= 0.6 is 0 Å². The number of esters is 1. The second-order valence-electron chi connectivity index (χ2n) is 9.15. The summed E-state index contributed by atoms with van der Waals surface area (Å²) in [5.74, 6) is 1.18. The zero-order chi connectivity index (χ0) is 19.1. The molecule has 0 saturated heterocycles. The second kappa shape index (κ2) is 7.20. The molecule has 6 heteroatoms. The minimum atomic E-state index is -0.702. The third-order valence-corrected chi connectivity index (χ3v) is 6.68. The normalized spacial score (nSPS) is 34.3. The lowest BCUT2D eigenvalue weighted by molar-refractivity contribution is -0.149. The van der Waals surface area contributed by atoms with Crippen LogP contribution in [0, 0.1) is 29.1 Å². The number of carbonyl (C=O) groups excluding carboxylic acids is 3. The summed E-state index contributed by atoms with van der Waals surface area (Å²) >= 11 is 0. The van der Waals surface area contributed by atoms with Gasteiger partial charge in [-0.15, -0.1) is 0 Å². The van der Waals surface area contributed by atoms with Gasteiger partial charge in [0.15, 0.2) is 0 Å². The topological polar surface area (TPSA) is 84.5 Å². The summed E-state index contributed by atoms with van der Waals surface area (Å²) in [4.78, 5) is 37.4. The number of nitrogens with one attached hydrogen (secondary N) is 2. The molecule has 4 aliphatic rings. The third kappa shape index (κ3) is 3.60. The lowest BCUT2D eigenvalue weighted by atomic mass is 9.49. The van der Waals surface area contributed by atoms with Gasteiger partial charge in [0.05, 0.1) is 7.11 Å². The fourth-order valence-corrected chi connectivity index (χ4v) is 5.71. The first-order valence-electron chi connectivity index (χ1n) is 9.93. The molecule has 146 valence electrons. The lowest BCUT2D eigenvalue weighted by Crippen LogP contribution is -2.58. The average Bonchev–Trinajstić information content (AvgIpc) is 2.57. The summed E-state index contributed by atoms with van der Waals surface area (Å²) in [6, 6.07) is -1.37. The first-order valence-corrected chi connectivity index (χ1v) is 9.93. The highest BCUT2D eigenvalue weighted by molar-refractivity contribution is 5.92. The molecule has 0 heterocycles. The molecular weight excluding hydrogens is 332 g/mol. The van der Waals surface area contributed by atoms with E-state index < -0.39 is 18.1 Å². The van der Waals surface area contributed by atoms with Crippen LogP contribution in [0.3, 0.4) is 0 Å². The Balaban J connectivity index is 1.60. The number of hydrogen-bond acceptors (Lipinski definition) is 4. The van der Waals surface area contributed by atoms with Crippen molar-refractivity contribution in [2.24, 2.45) is 29.1 Å². The van der Waals surface area contributed by atoms with Gasteiger partial charge in [0.1, 0.15) is 12.1 Å². The molecule has 0 aromatic carbocycles. The predicted octanol–water partition coefficient (Wildman–Crippen LogP) is 2.02. The molecule has 0 aliphatic heterocycles. The minimum Gasteiger partial charge on any atom is -0.467 e. The molecule has 2 amide bonds. The summed E-state index contributed by atoms with van der Waals surface area (Å²) < 4.78 is 4.76. The van der Waals surface area contributed by atoms with E-state index >= 15 is 0 Å². The van der Waals surface area contributed by atoms with Crippen LogP contribution in [0.2, 0.25) is 0 Å². The number of methoxy groups -OCH3 is 1. The SMILES string of the molecule is COC(=O)[C@@H](NC(=O)[C@H](C)NC(=O)C12CC3CC(CC(C3)C1)C2)C(C)C. The zero-order valence-electron chi connectivity index (χ0n) is 16.3. The number of ether oxygens (including phenoxy) is 1. The van der Waals surface area contributed by atoms with Crippen molar-refractivity contribution in [2.75, 3.05) is 7.11 Å². The highest BCUT2D eigenvalue weighted by Crippen LogP contribution is 2.60. The van der Waals surface area contributed by atoms with Crippen LogP contribution in [-0.4, -0.2) is 37.0 Å². The van der Waals surface area contributed by atoms with Crippen LogP contribution in [-0.2, 0) is 19.1 Å². The molecule has 4 bridgehead atoms. The molecule has 2 N–H and O–H groups in total. The maximum absolute atomic E-state index is 13.0. The Bertz CT molecular complexity index is 551. The first kappa shape index (κ1) is 19.2. The molecule has 26 heavy (non-hydrogen) atoms. The summed E-state index contributed by atoms with van der Waals surface area (Å²) in [5.41, 5.74) is -0.275. The van der Waals surface area contributed by atoms with Gasteiger partial charge < -0.3 is 15.4 Å². The Morgan fingerprint density at radius 1 is 0.923 bits per heavy atom. The second-order valence-corrected chi connectivity index (χ2v) is 9.15. The number of hydrogen-bond donors (Lipinski definition) is 2. The van der Waals surface area contributed by atoms with Crippen LogP contribution in [0.25, 0.3) is 0 Å². The van der Waals surface area contributed by atoms with E-state index in [1.54, 1.807) is 6.92 Å². The number of carbonyl (C=O) groups is 3. The Morgan fingerprint density at radius 3 is 1.85 bits per heavy atom. The van der Waals surface area contributed by atoms with E-state index in [9.17, 15) is 14.4 Å². The Kier molecular flexibility index (Phi) is 5.31. The average molecular weight is 364 g/mol. The fraction of sp³-hybridized carbons (Fsp3) is 0.850. The Labute approximate surface area is 155 Å². The number of amides is 2. The molecule has 4 fully saturated rings. The van der Waals surface area contributed by atoms with Gasteiger partial charge in [0, 0.05) is 5.41 Å². The van der Waals surface area contributed by atoms with Gasteiger partial charge in [0.2, 0.25) is 11.8 Å². The van der Waals surface area contributed by atoms with Crippen LogP contribution in [0.5, 0.6) is 0 Å². The molecule has 0 radical (unpaired) electrons. The molecule has 4 rings (SSSR count). The molecule has 4 aliphatic carbocycles. The standard InChI is InChI=1S/C20H32N2O4/c1-11(2)16(18(24)26-4)22-17(23)12(3)21-19(25)20-8-13-5-14(9-20)7-15(6-13)10-20/h11-16H,5-10H2,1-4H3,(H,21,25)(H,22,23)/t12-,13?,14?,15?,16-,20?/m0/s1. The molecule has 6 nitrogen and oxygen atoms in total. The summed E-state index contributed by atoms with van der Waals surface area (Å²) in [6.45, 7) is 5.38. The van der Waals surface area contributed by atoms with E-state index in [1.807, 2.05) is 13.8 Å². The van der Waals surface area contributed by atoms with Crippen molar-refractivity contribution in [1.29, 1.82) is 0 Å². The molecule has 0 aromatic rings. The first-order chi connectivity index (χ1) is 12.2. The third-order valence-electron chi connectivity index (χ3n) is 6.68. The van der Waals surface area contributed by atoms with E-state index in [4.69, 9.17) is 4.74 Å². The van der Waals surface area contributed by atoms with E-state index in [2.05, 4.69) is 10.6 Å². The number of rotatable bonds is 6. The molecular formula is C20H32N2O4. The van der Waals surface area contributed by atoms with Crippen molar-refractivity contribution in [1.82, 2.24) is 10.6 Å². The van der Waals surface area contributed by atoms with Gasteiger partial charge in [-0.25, -0.2) is 4.79 Å². The highest BCUT2D eigenvalue weighted by atomic mass is 16.5. The van der Waals surface area contributed by atoms with Crippen molar-refractivity contribution in [3.8, 4) is 0 Å². The van der Waals surface area contributed by atoms with Crippen LogP contribution in [0.1, 0.15) is 59.3 Å². The van der Waals surface area contributed by atoms with E-state index in [0.717, 1.165) is 19.3 Å². The Hall–Kier alpha value is -1.59. The van der Waals surface area contributed by atoms with Gasteiger partial charge in [-0.3, -0.25) is 9.59 Å². The maximum Gasteiger partial charge on any atom is 0.328 e. The van der Waals surface area contributed by atoms with Gasteiger partial charge >= 0.3 is 5.97 Å². The van der Waals surface area contributed by atoms with Crippen LogP contribution in [0.15, 0.2) is 0 Å². The molecule has 0 unspecified atom stereocenters. The van der Waals surface area contributed by atoms with Crippen LogP contribution in [0.4, 0.5) is 0 Å². The lowest BCUT2D eigenvalue weighted by Gasteiger charge is -2.55. The largest absolute Gasteiger partial charge is 0.467 e. The van der Waals surface area contributed by atoms with E-state index in [0.29, 0.717) is 17.8 Å². The van der Waals surface area contributed by atoms with Gasteiger partial charge in [-0.2, -0.15) is 0 Å². The van der Waals surface area contributed by atoms with Crippen molar-refractivity contribution in [3.05, 3.63) is 0 Å². The quantitative estimate of drug-likeness (QED) is 0.706. The monoisotopic (exact) mass is 364 g/mol. The zero-order valence-corrected chi connectivity index (χ0v) is 16.3. The van der Waals surface area contributed by atoms with E-state index in [-0.39, 0.29) is 23.1 Å². The Morgan fingerprint density at radius 2 is 1.42 bits per heavy atom. The van der Waals surface area contributed by atoms with Crippen LogP contribution < -0.4 is 10.6 Å². The molecule has 0 aromatic heterocycles. The highest BCUT2D eigenvalue weighted by Gasteiger charge is 2.54. The van der Waals surface area contributed by atoms with Gasteiger partial charge in [-0.05, 0) is 69.1 Å². The van der Waals surface area contributed by atoms with Crippen molar-refractivity contribution in [3.63, 3.8) is 0 Å². The summed E-state index contributed by atoms with van der Waals surface area (Å²) in [6.07, 6.45) is 6.73. The van der Waals surface area contributed by atoms with E-state index in [1.165, 1.54) is 26.4 Å².